The molecule has 7 heteroatoms. The molecule has 1 aromatic carbocycles. The lowest BCUT2D eigenvalue weighted by Gasteiger charge is -2.03. The third-order valence-corrected chi connectivity index (χ3v) is 2.80. The number of benzene rings is 1. The zero-order valence-electron chi connectivity index (χ0n) is 10.3. The van der Waals surface area contributed by atoms with Crippen LogP contribution in [0.2, 0.25) is 0 Å². The van der Waals surface area contributed by atoms with Gasteiger partial charge in [-0.25, -0.2) is 9.36 Å². The van der Waals surface area contributed by atoms with E-state index in [2.05, 4.69) is 0 Å². The maximum Gasteiger partial charge on any atom is 0.422 e. The van der Waals surface area contributed by atoms with Crippen LogP contribution in [0.25, 0.3) is 11.0 Å². The van der Waals surface area contributed by atoms with Crippen molar-refractivity contribution in [2.75, 3.05) is 0 Å². The third-order valence-electron chi connectivity index (χ3n) is 2.80. The summed E-state index contributed by atoms with van der Waals surface area (Å²) in [6, 6.07) is 3.59. The molecule has 0 spiro atoms. The summed E-state index contributed by atoms with van der Waals surface area (Å²) in [4.78, 5) is 33.8. The molecule has 0 aliphatic heterocycles. The second kappa shape index (κ2) is 5.05. The summed E-state index contributed by atoms with van der Waals surface area (Å²) in [6.07, 6.45) is 1.48. The summed E-state index contributed by atoms with van der Waals surface area (Å²) in [6.45, 7) is 2.18. The van der Waals surface area contributed by atoms with Crippen LogP contribution in [0, 0.1) is 10.1 Å². The number of nitro groups is 1. The Hall–Kier alpha value is -2.44. The maximum atomic E-state index is 12.1. The minimum Gasteiger partial charge on any atom is -0.409 e. The summed E-state index contributed by atoms with van der Waals surface area (Å²) >= 11 is 0. The first-order valence-electron chi connectivity index (χ1n) is 5.86. The highest BCUT2D eigenvalue weighted by molar-refractivity contribution is 5.78. The van der Waals surface area contributed by atoms with Crippen LogP contribution < -0.4 is 11.3 Å². The van der Waals surface area contributed by atoms with Crippen molar-refractivity contribution in [1.82, 2.24) is 4.57 Å². The van der Waals surface area contributed by atoms with E-state index in [0.717, 1.165) is 17.1 Å². The summed E-state index contributed by atoms with van der Waals surface area (Å²) in [5.74, 6) is -0.736. The van der Waals surface area contributed by atoms with E-state index in [1.807, 2.05) is 6.92 Å². The number of nitro benzene ring substituents is 1. The molecule has 0 radical (unpaired) electrons. The number of nitrogens with zero attached hydrogens (tertiary/aromatic N) is 2. The molecular formula is C12H12N2O5. The molecule has 2 rings (SSSR count). The molecule has 19 heavy (non-hydrogen) atoms. The smallest absolute Gasteiger partial charge is 0.409 e. The number of fused-ring (bicyclic) bond motifs is 1. The number of hydrogen-bond donors (Lipinski definition) is 0. The van der Waals surface area contributed by atoms with Crippen LogP contribution in [-0.2, 0) is 6.54 Å². The van der Waals surface area contributed by atoms with Crippen LogP contribution in [0.1, 0.15) is 19.8 Å². The van der Waals surface area contributed by atoms with Gasteiger partial charge in [0.05, 0.1) is 10.3 Å². The molecule has 100 valence electrons. The minimum absolute atomic E-state index is 0.0462. The summed E-state index contributed by atoms with van der Waals surface area (Å²) in [5, 5.41) is 10.7. The Kier molecular flexibility index (Phi) is 3.46. The van der Waals surface area contributed by atoms with Gasteiger partial charge in [-0.3, -0.25) is 14.9 Å². The van der Waals surface area contributed by atoms with Crippen molar-refractivity contribution in [2.45, 2.75) is 26.3 Å². The van der Waals surface area contributed by atoms with Gasteiger partial charge < -0.3 is 4.42 Å². The topological polar surface area (TPSA) is 95.3 Å². The third kappa shape index (κ3) is 2.40. The Labute approximate surface area is 107 Å². The number of non-ortho nitro benzene ring substituents is 1. The molecule has 0 bridgehead atoms. The Morgan fingerprint density at radius 2 is 2.11 bits per heavy atom. The molecule has 7 nitrogen and oxygen atoms in total. The van der Waals surface area contributed by atoms with E-state index in [-0.39, 0.29) is 23.2 Å². The largest absolute Gasteiger partial charge is 0.422 e. The maximum absolute atomic E-state index is 12.1. The lowest BCUT2D eigenvalue weighted by Crippen LogP contribution is -2.32. The molecule has 2 aromatic rings. The van der Waals surface area contributed by atoms with Crippen LogP contribution >= 0.6 is 0 Å². The Morgan fingerprint density at radius 3 is 2.74 bits per heavy atom. The Morgan fingerprint density at radius 1 is 1.37 bits per heavy atom. The monoisotopic (exact) mass is 264 g/mol. The molecule has 0 aliphatic carbocycles. The molecule has 0 saturated heterocycles. The van der Waals surface area contributed by atoms with Crippen LogP contribution in [0.4, 0.5) is 5.69 Å². The Bertz CT molecular complexity index is 744. The molecule has 1 heterocycles. The van der Waals surface area contributed by atoms with Gasteiger partial charge in [0.2, 0.25) is 0 Å². The van der Waals surface area contributed by atoms with E-state index in [0.29, 0.717) is 6.42 Å². The zero-order valence-corrected chi connectivity index (χ0v) is 10.3. The quantitative estimate of drug-likeness (QED) is 0.618. The predicted molar refractivity (Wildman–Crippen MR) is 68.3 cm³/mol. The van der Waals surface area contributed by atoms with Crippen molar-refractivity contribution in [2.24, 2.45) is 0 Å². The lowest BCUT2D eigenvalue weighted by atomic mass is 10.2. The fourth-order valence-corrected chi connectivity index (χ4v) is 1.77. The van der Waals surface area contributed by atoms with Crippen molar-refractivity contribution < 1.29 is 9.34 Å². The van der Waals surface area contributed by atoms with Crippen LogP contribution in [0.15, 0.2) is 32.2 Å². The summed E-state index contributed by atoms with van der Waals surface area (Å²) in [7, 11) is 0. The van der Waals surface area contributed by atoms with E-state index in [9.17, 15) is 19.7 Å². The number of rotatable bonds is 4. The average molecular weight is 264 g/mol. The van der Waals surface area contributed by atoms with Crippen LogP contribution in [0.5, 0.6) is 0 Å². The molecule has 0 aliphatic rings. The van der Waals surface area contributed by atoms with Crippen molar-refractivity contribution in [3.8, 4) is 0 Å². The predicted octanol–water partition coefficient (Wildman–Crippen LogP) is 1.66. The van der Waals surface area contributed by atoms with E-state index < -0.39 is 16.2 Å². The van der Waals surface area contributed by atoms with E-state index in [1.54, 1.807) is 0 Å². The molecule has 1 aromatic heterocycles. The summed E-state index contributed by atoms with van der Waals surface area (Å²) < 4.78 is 5.96. The number of unbranched alkanes of at least 4 members (excludes halogenated alkanes) is 1. The van der Waals surface area contributed by atoms with Gasteiger partial charge in [0.15, 0.2) is 0 Å². The van der Waals surface area contributed by atoms with Crippen molar-refractivity contribution in [3.63, 3.8) is 0 Å². The Balaban J connectivity index is 2.69. The first kappa shape index (κ1) is 13.0. The first-order valence-corrected chi connectivity index (χ1v) is 5.86. The van der Waals surface area contributed by atoms with Gasteiger partial charge in [-0.15, -0.1) is 0 Å². The highest BCUT2D eigenvalue weighted by atomic mass is 16.6. The lowest BCUT2D eigenvalue weighted by molar-refractivity contribution is -0.384. The minimum atomic E-state index is -0.736. The van der Waals surface area contributed by atoms with E-state index in [4.69, 9.17) is 4.42 Å². The SMILES string of the molecule is CCCCn1c(=O)oc2ccc([N+](=O)[O-])cc2c1=O. The van der Waals surface area contributed by atoms with Crippen LogP contribution in [0.3, 0.4) is 0 Å². The van der Waals surface area contributed by atoms with Gasteiger partial charge in [0.1, 0.15) is 5.58 Å². The fraction of sp³-hybridized carbons (Fsp3) is 0.333. The van der Waals surface area contributed by atoms with Gasteiger partial charge in [0, 0.05) is 18.7 Å². The standard InChI is InChI=1S/C12H12N2O5/c1-2-3-6-13-11(15)9-7-8(14(17)18)4-5-10(9)19-12(13)16/h4-5,7H,2-3,6H2,1H3. The van der Waals surface area contributed by atoms with Crippen molar-refractivity contribution in [1.29, 1.82) is 0 Å². The second-order valence-corrected chi connectivity index (χ2v) is 4.12. The highest BCUT2D eigenvalue weighted by Crippen LogP contribution is 2.16. The van der Waals surface area contributed by atoms with E-state index >= 15 is 0 Å². The van der Waals surface area contributed by atoms with Crippen molar-refractivity contribution >= 4 is 16.7 Å². The number of hydrogen-bond acceptors (Lipinski definition) is 5. The van der Waals surface area contributed by atoms with Gasteiger partial charge >= 0.3 is 5.76 Å². The zero-order chi connectivity index (χ0) is 14.0. The highest BCUT2D eigenvalue weighted by Gasteiger charge is 2.13. The molecule has 0 atom stereocenters. The normalized spacial score (nSPS) is 10.8. The molecular weight excluding hydrogens is 252 g/mol. The second-order valence-electron chi connectivity index (χ2n) is 4.12. The van der Waals surface area contributed by atoms with Crippen molar-refractivity contribution in [3.05, 3.63) is 49.2 Å². The molecule has 0 unspecified atom stereocenters. The molecule has 0 fully saturated rings. The number of aromatic nitrogens is 1. The fourth-order valence-electron chi connectivity index (χ4n) is 1.77. The van der Waals surface area contributed by atoms with Gasteiger partial charge in [0.25, 0.3) is 11.2 Å². The van der Waals surface area contributed by atoms with Gasteiger partial charge in [-0.05, 0) is 12.5 Å². The molecule has 0 N–H and O–H groups in total. The van der Waals surface area contributed by atoms with Gasteiger partial charge in [-0.2, -0.15) is 0 Å². The molecule has 0 saturated carbocycles. The molecule has 0 amide bonds. The van der Waals surface area contributed by atoms with Crippen LogP contribution in [-0.4, -0.2) is 9.49 Å². The van der Waals surface area contributed by atoms with Gasteiger partial charge in [-0.1, -0.05) is 13.3 Å². The average Bonchev–Trinajstić information content (AvgIpc) is 2.38. The first-order chi connectivity index (χ1) is 9.04. The summed E-state index contributed by atoms with van der Waals surface area (Å²) in [5.41, 5.74) is -0.697. The van der Waals surface area contributed by atoms with E-state index in [1.165, 1.54) is 12.1 Å².